The van der Waals surface area contributed by atoms with Gasteiger partial charge < -0.3 is 14.7 Å². The van der Waals surface area contributed by atoms with Crippen LogP contribution in [0.2, 0.25) is 0 Å². The van der Waals surface area contributed by atoms with E-state index in [2.05, 4.69) is 15.3 Å². The lowest BCUT2D eigenvalue weighted by Gasteiger charge is -2.21. The topological polar surface area (TPSA) is 80.2 Å². The molecular formula is C14H19N5O. The molecule has 0 bridgehead atoms. The van der Waals surface area contributed by atoms with Gasteiger partial charge in [-0.2, -0.15) is 0 Å². The minimum absolute atomic E-state index is 0.490. The van der Waals surface area contributed by atoms with Gasteiger partial charge in [-0.3, -0.25) is 0 Å². The molecule has 1 aliphatic rings. The standard InChI is InChI=1S/C14H19N5O/c1-9-12(18-15)16-13(11-3-4-11)17-14(9)19(2)7-10-5-6-20-8-10/h5-6,8,11H,3-4,7,15H2,1-2H3,(H,16,17,18). The maximum Gasteiger partial charge on any atom is 0.148 e. The number of rotatable bonds is 5. The molecule has 0 unspecified atom stereocenters. The molecule has 20 heavy (non-hydrogen) atoms. The van der Waals surface area contributed by atoms with Gasteiger partial charge in [0.05, 0.1) is 12.5 Å². The Morgan fingerprint density at radius 2 is 2.25 bits per heavy atom. The molecule has 1 fully saturated rings. The Hall–Kier alpha value is -2.08. The van der Waals surface area contributed by atoms with E-state index < -0.39 is 0 Å². The van der Waals surface area contributed by atoms with E-state index in [1.54, 1.807) is 12.5 Å². The van der Waals surface area contributed by atoms with Crippen LogP contribution in [0.3, 0.4) is 0 Å². The highest BCUT2D eigenvalue weighted by atomic mass is 16.3. The fourth-order valence-corrected chi connectivity index (χ4v) is 2.29. The SMILES string of the molecule is Cc1c(NN)nc(C2CC2)nc1N(C)Cc1ccoc1. The van der Waals surface area contributed by atoms with Gasteiger partial charge in [0.15, 0.2) is 0 Å². The lowest BCUT2D eigenvalue weighted by molar-refractivity contribution is 0.563. The Balaban J connectivity index is 1.92. The highest BCUT2D eigenvalue weighted by Crippen LogP contribution is 2.39. The summed E-state index contributed by atoms with van der Waals surface area (Å²) in [6.45, 7) is 2.72. The van der Waals surface area contributed by atoms with Gasteiger partial charge in [0, 0.05) is 30.6 Å². The first kappa shape index (κ1) is 12.9. The summed E-state index contributed by atoms with van der Waals surface area (Å²) in [7, 11) is 2.01. The number of anilines is 2. The van der Waals surface area contributed by atoms with Gasteiger partial charge in [0.25, 0.3) is 0 Å². The van der Waals surface area contributed by atoms with Gasteiger partial charge in [0.2, 0.25) is 0 Å². The second kappa shape index (κ2) is 5.13. The molecule has 3 rings (SSSR count). The summed E-state index contributed by atoms with van der Waals surface area (Å²) in [4.78, 5) is 11.3. The van der Waals surface area contributed by atoms with Gasteiger partial charge >= 0.3 is 0 Å². The zero-order chi connectivity index (χ0) is 14.1. The summed E-state index contributed by atoms with van der Waals surface area (Å²) in [5.74, 6) is 8.57. The van der Waals surface area contributed by atoms with Crippen molar-refractivity contribution in [2.24, 2.45) is 5.84 Å². The van der Waals surface area contributed by atoms with Crippen LogP contribution in [0.15, 0.2) is 23.0 Å². The average Bonchev–Trinajstić information content (AvgIpc) is 3.17. The summed E-state index contributed by atoms with van der Waals surface area (Å²) in [6, 6.07) is 1.96. The van der Waals surface area contributed by atoms with E-state index in [4.69, 9.17) is 15.2 Å². The fourth-order valence-electron chi connectivity index (χ4n) is 2.29. The average molecular weight is 273 g/mol. The highest BCUT2D eigenvalue weighted by Gasteiger charge is 2.28. The smallest absolute Gasteiger partial charge is 0.148 e. The number of nitrogen functional groups attached to an aromatic ring is 1. The van der Waals surface area contributed by atoms with Gasteiger partial charge in [-0.05, 0) is 25.8 Å². The first-order chi connectivity index (χ1) is 9.69. The van der Waals surface area contributed by atoms with Crippen molar-refractivity contribution < 1.29 is 4.42 Å². The lowest BCUT2D eigenvalue weighted by atomic mass is 10.2. The van der Waals surface area contributed by atoms with Crippen LogP contribution in [0.1, 0.15) is 35.7 Å². The molecule has 2 aromatic heterocycles. The molecule has 1 saturated carbocycles. The van der Waals surface area contributed by atoms with E-state index in [9.17, 15) is 0 Å². The molecule has 2 aromatic rings. The number of furan rings is 1. The summed E-state index contributed by atoms with van der Waals surface area (Å²) < 4.78 is 5.11. The van der Waals surface area contributed by atoms with E-state index in [1.165, 1.54) is 0 Å². The summed E-state index contributed by atoms with van der Waals surface area (Å²) >= 11 is 0. The summed E-state index contributed by atoms with van der Waals surface area (Å²) in [6.07, 6.45) is 5.76. The first-order valence-corrected chi connectivity index (χ1v) is 6.76. The van der Waals surface area contributed by atoms with Crippen LogP contribution in [-0.4, -0.2) is 17.0 Å². The van der Waals surface area contributed by atoms with Gasteiger partial charge in [-0.1, -0.05) is 0 Å². The van der Waals surface area contributed by atoms with Crippen LogP contribution in [0.5, 0.6) is 0 Å². The van der Waals surface area contributed by atoms with Gasteiger partial charge in [0.1, 0.15) is 17.5 Å². The number of nitrogens with two attached hydrogens (primary N) is 1. The van der Waals surface area contributed by atoms with Crippen molar-refractivity contribution in [1.82, 2.24) is 9.97 Å². The zero-order valence-electron chi connectivity index (χ0n) is 11.8. The molecule has 2 heterocycles. The molecule has 0 atom stereocenters. The largest absolute Gasteiger partial charge is 0.472 e. The van der Waals surface area contributed by atoms with Crippen LogP contribution in [-0.2, 0) is 6.54 Å². The van der Waals surface area contributed by atoms with Gasteiger partial charge in [-0.15, -0.1) is 0 Å². The predicted molar refractivity (Wildman–Crippen MR) is 77.4 cm³/mol. The molecule has 0 amide bonds. The van der Waals surface area contributed by atoms with Crippen LogP contribution < -0.4 is 16.2 Å². The van der Waals surface area contributed by atoms with Crippen molar-refractivity contribution in [2.75, 3.05) is 17.4 Å². The maximum absolute atomic E-state index is 5.57. The molecule has 3 N–H and O–H groups in total. The fraction of sp³-hybridized carbons (Fsp3) is 0.429. The van der Waals surface area contributed by atoms with Crippen molar-refractivity contribution in [2.45, 2.75) is 32.2 Å². The third-order valence-corrected chi connectivity index (χ3v) is 3.58. The molecule has 6 heteroatoms. The second-order valence-corrected chi connectivity index (χ2v) is 5.29. The number of nitrogens with zero attached hydrogens (tertiary/aromatic N) is 3. The molecule has 0 spiro atoms. The summed E-state index contributed by atoms with van der Waals surface area (Å²) in [5.41, 5.74) is 4.75. The highest BCUT2D eigenvalue weighted by molar-refractivity contribution is 5.58. The van der Waals surface area contributed by atoms with Crippen molar-refractivity contribution in [3.05, 3.63) is 35.5 Å². The van der Waals surface area contributed by atoms with Crippen LogP contribution in [0.4, 0.5) is 11.6 Å². The number of hydrogen-bond donors (Lipinski definition) is 2. The van der Waals surface area contributed by atoms with E-state index >= 15 is 0 Å². The molecule has 6 nitrogen and oxygen atoms in total. The minimum Gasteiger partial charge on any atom is -0.472 e. The molecule has 0 aliphatic heterocycles. The number of aromatic nitrogens is 2. The zero-order valence-corrected chi connectivity index (χ0v) is 11.8. The normalized spacial score (nSPS) is 14.3. The monoisotopic (exact) mass is 273 g/mol. The Morgan fingerprint density at radius 3 is 2.85 bits per heavy atom. The molecular weight excluding hydrogens is 254 g/mol. The second-order valence-electron chi connectivity index (χ2n) is 5.29. The minimum atomic E-state index is 0.490. The van der Waals surface area contributed by atoms with E-state index in [1.807, 2.05) is 20.0 Å². The number of nitrogens with one attached hydrogen (secondary N) is 1. The molecule has 0 saturated heterocycles. The molecule has 0 aromatic carbocycles. The Bertz CT molecular complexity index is 592. The number of hydrogen-bond acceptors (Lipinski definition) is 6. The van der Waals surface area contributed by atoms with Crippen molar-refractivity contribution >= 4 is 11.6 Å². The Kier molecular flexibility index (Phi) is 3.31. The van der Waals surface area contributed by atoms with Crippen molar-refractivity contribution in [3.63, 3.8) is 0 Å². The van der Waals surface area contributed by atoms with Crippen LogP contribution in [0.25, 0.3) is 0 Å². The number of hydrazine groups is 1. The predicted octanol–water partition coefficient (Wildman–Crippen LogP) is 2.18. The van der Waals surface area contributed by atoms with Crippen molar-refractivity contribution in [1.29, 1.82) is 0 Å². The first-order valence-electron chi connectivity index (χ1n) is 6.76. The van der Waals surface area contributed by atoms with E-state index in [0.29, 0.717) is 11.7 Å². The lowest BCUT2D eigenvalue weighted by Crippen LogP contribution is -2.21. The summed E-state index contributed by atoms with van der Waals surface area (Å²) in [5, 5.41) is 0. The third-order valence-electron chi connectivity index (χ3n) is 3.58. The Morgan fingerprint density at radius 1 is 1.45 bits per heavy atom. The molecule has 0 radical (unpaired) electrons. The molecule has 1 aliphatic carbocycles. The van der Waals surface area contributed by atoms with Gasteiger partial charge in [-0.25, -0.2) is 15.8 Å². The Labute approximate surface area is 118 Å². The van der Waals surface area contributed by atoms with Crippen LogP contribution >= 0.6 is 0 Å². The molecule has 106 valence electrons. The third kappa shape index (κ3) is 2.46. The quantitative estimate of drug-likeness (QED) is 0.642. The van der Waals surface area contributed by atoms with Crippen LogP contribution in [0, 0.1) is 6.92 Å². The maximum atomic E-state index is 5.57. The van der Waals surface area contributed by atoms with E-state index in [-0.39, 0.29) is 0 Å². The van der Waals surface area contributed by atoms with E-state index in [0.717, 1.165) is 42.2 Å². The van der Waals surface area contributed by atoms with Crippen molar-refractivity contribution in [3.8, 4) is 0 Å².